The molecule has 2 rings (SSSR count). The maximum Gasteiger partial charge on any atom is 0.405 e. The topological polar surface area (TPSA) is 49.4 Å². The standard InChI is InChI=1S/C13H13F3N2O2/c14-13(15,16)8-17-12(20)9-3-1-4-10(7-9)18-6-2-5-11(18)19/h1,3-4,7H,2,5-6,8H2,(H,17,20). The second kappa shape index (κ2) is 5.52. The van der Waals surface area contributed by atoms with E-state index in [4.69, 9.17) is 0 Å². The normalized spacial score (nSPS) is 15.6. The summed E-state index contributed by atoms with van der Waals surface area (Å²) in [5, 5.41) is 1.80. The van der Waals surface area contributed by atoms with Gasteiger partial charge in [0.15, 0.2) is 0 Å². The van der Waals surface area contributed by atoms with Gasteiger partial charge < -0.3 is 10.2 Å². The molecule has 1 N–H and O–H groups in total. The van der Waals surface area contributed by atoms with Gasteiger partial charge in [0.1, 0.15) is 6.54 Å². The predicted octanol–water partition coefficient (Wildman–Crippen LogP) is 2.11. The van der Waals surface area contributed by atoms with Crippen molar-refractivity contribution in [3.8, 4) is 0 Å². The molecule has 0 atom stereocenters. The van der Waals surface area contributed by atoms with Gasteiger partial charge in [0.2, 0.25) is 5.91 Å². The van der Waals surface area contributed by atoms with E-state index < -0.39 is 18.6 Å². The van der Waals surface area contributed by atoms with Crippen molar-refractivity contribution in [1.29, 1.82) is 0 Å². The third-order valence-corrected chi connectivity index (χ3v) is 2.94. The highest BCUT2D eigenvalue weighted by atomic mass is 19.4. The van der Waals surface area contributed by atoms with E-state index in [9.17, 15) is 22.8 Å². The van der Waals surface area contributed by atoms with Crippen molar-refractivity contribution in [2.24, 2.45) is 0 Å². The third kappa shape index (κ3) is 3.49. The second-order valence-corrected chi connectivity index (χ2v) is 4.50. The molecule has 4 nitrogen and oxygen atoms in total. The Hall–Kier alpha value is -2.05. The SMILES string of the molecule is O=C(NCC(F)(F)F)c1cccc(N2CCCC2=O)c1. The molecule has 7 heteroatoms. The zero-order chi connectivity index (χ0) is 14.8. The number of alkyl halides is 3. The van der Waals surface area contributed by atoms with E-state index in [1.54, 1.807) is 17.4 Å². The summed E-state index contributed by atoms with van der Waals surface area (Å²) in [5.41, 5.74) is 0.638. The maximum absolute atomic E-state index is 12.0. The number of benzene rings is 1. The average molecular weight is 286 g/mol. The van der Waals surface area contributed by atoms with Gasteiger partial charge in [-0.25, -0.2) is 0 Å². The second-order valence-electron chi connectivity index (χ2n) is 4.50. The lowest BCUT2D eigenvalue weighted by molar-refractivity contribution is -0.123. The maximum atomic E-state index is 12.0. The molecule has 0 aliphatic carbocycles. The van der Waals surface area contributed by atoms with Gasteiger partial charge in [-0.1, -0.05) is 6.07 Å². The number of carbonyl (C=O) groups excluding carboxylic acids is 2. The zero-order valence-corrected chi connectivity index (χ0v) is 10.5. The number of rotatable bonds is 3. The molecule has 0 saturated carbocycles. The van der Waals surface area contributed by atoms with Crippen molar-refractivity contribution >= 4 is 17.5 Å². The molecule has 0 bridgehead atoms. The molecule has 0 radical (unpaired) electrons. The van der Waals surface area contributed by atoms with E-state index >= 15 is 0 Å². The Morgan fingerprint density at radius 1 is 1.35 bits per heavy atom. The molecule has 1 saturated heterocycles. The predicted molar refractivity (Wildman–Crippen MR) is 66.4 cm³/mol. The molecule has 1 aliphatic heterocycles. The van der Waals surface area contributed by atoms with Crippen LogP contribution in [0.25, 0.3) is 0 Å². The van der Waals surface area contributed by atoms with Crippen molar-refractivity contribution in [2.45, 2.75) is 19.0 Å². The first-order chi connectivity index (χ1) is 9.37. The lowest BCUT2D eigenvalue weighted by Crippen LogP contribution is -2.33. The van der Waals surface area contributed by atoms with Gasteiger partial charge in [0.25, 0.3) is 5.91 Å². The fourth-order valence-corrected chi connectivity index (χ4v) is 2.02. The van der Waals surface area contributed by atoms with Crippen molar-refractivity contribution in [3.63, 3.8) is 0 Å². The number of halogens is 3. The highest BCUT2D eigenvalue weighted by Gasteiger charge is 2.28. The van der Waals surface area contributed by atoms with Crippen LogP contribution < -0.4 is 10.2 Å². The minimum absolute atomic E-state index is 0.0437. The van der Waals surface area contributed by atoms with Gasteiger partial charge in [-0.05, 0) is 24.6 Å². The number of hydrogen-bond donors (Lipinski definition) is 1. The molecule has 0 aromatic heterocycles. The van der Waals surface area contributed by atoms with Gasteiger partial charge in [-0.3, -0.25) is 9.59 Å². The fourth-order valence-electron chi connectivity index (χ4n) is 2.02. The number of hydrogen-bond acceptors (Lipinski definition) is 2. The van der Waals surface area contributed by atoms with Crippen molar-refractivity contribution in [1.82, 2.24) is 5.32 Å². The van der Waals surface area contributed by atoms with Crippen LogP contribution in [0.2, 0.25) is 0 Å². The number of amides is 2. The number of anilines is 1. The van der Waals surface area contributed by atoms with Gasteiger partial charge >= 0.3 is 6.18 Å². The molecular weight excluding hydrogens is 273 g/mol. The Labute approximate surface area is 113 Å². The van der Waals surface area contributed by atoms with Crippen LogP contribution in [-0.2, 0) is 4.79 Å². The molecule has 20 heavy (non-hydrogen) atoms. The summed E-state index contributed by atoms with van der Waals surface area (Å²) in [6.07, 6.45) is -3.26. The van der Waals surface area contributed by atoms with Gasteiger partial charge in [-0.15, -0.1) is 0 Å². The van der Waals surface area contributed by atoms with Crippen LogP contribution in [0.5, 0.6) is 0 Å². The van der Waals surface area contributed by atoms with Crippen molar-refractivity contribution in [2.75, 3.05) is 18.0 Å². The van der Waals surface area contributed by atoms with E-state index in [2.05, 4.69) is 0 Å². The Kier molecular flexibility index (Phi) is 3.96. The van der Waals surface area contributed by atoms with Crippen LogP contribution in [-0.4, -0.2) is 31.1 Å². The summed E-state index contributed by atoms with van der Waals surface area (Å²) in [5.74, 6) is -0.853. The van der Waals surface area contributed by atoms with Gasteiger partial charge in [-0.2, -0.15) is 13.2 Å². The van der Waals surface area contributed by atoms with Crippen molar-refractivity contribution < 1.29 is 22.8 Å². The highest BCUT2D eigenvalue weighted by Crippen LogP contribution is 2.22. The van der Waals surface area contributed by atoms with Crippen LogP contribution in [0.15, 0.2) is 24.3 Å². The third-order valence-electron chi connectivity index (χ3n) is 2.94. The van der Waals surface area contributed by atoms with Crippen LogP contribution in [0.1, 0.15) is 23.2 Å². The van der Waals surface area contributed by atoms with Crippen LogP contribution in [0, 0.1) is 0 Å². The number of nitrogens with one attached hydrogen (secondary N) is 1. The Bertz CT molecular complexity index is 529. The average Bonchev–Trinajstić information content (AvgIpc) is 2.81. The van der Waals surface area contributed by atoms with Gasteiger partial charge in [0.05, 0.1) is 0 Å². The summed E-state index contributed by atoms with van der Waals surface area (Å²) >= 11 is 0. The first-order valence-electron chi connectivity index (χ1n) is 6.12. The van der Waals surface area contributed by atoms with Crippen LogP contribution in [0.4, 0.5) is 18.9 Å². The molecule has 1 fully saturated rings. The molecule has 2 amide bonds. The smallest absolute Gasteiger partial charge is 0.343 e. The summed E-state index contributed by atoms with van der Waals surface area (Å²) in [7, 11) is 0. The van der Waals surface area contributed by atoms with Crippen LogP contribution in [0.3, 0.4) is 0 Å². The van der Waals surface area contributed by atoms with E-state index in [1.807, 2.05) is 0 Å². The largest absolute Gasteiger partial charge is 0.405 e. The Balaban J connectivity index is 2.09. The quantitative estimate of drug-likeness (QED) is 0.925. The fraction of sp³-hybridized carbons (Fsp3) is 0.385. The lowest BCUT2D eigenvalue weighted by atomic mass is 10.1. The molecule has 0 unspecified atom stereocenters. The zero-order valence-electron chi connectivity index (χ0n) is 10.5. The number of nitrogens with zero attached hydrogens (tertiary/aromatic N) is 1. The summed E-state index contributed by atoms with van der Waals surface area (Å²) in [6.45, 7) is -0.814. The summed E-state index contributed by atoms with van der Waals surface area (Å²) < 4.78 is 36.1. The van der Waals surface area contributed by atoms with Crippen LogP contribution >= 0.6 is 0 Å². The molecule has 108 valence electrons. The molecule has 1 aromatic rings. The molecule has 0 spiro atoms. The monoisotopic (exact) mass is 286 g/mol. The van der Waals surface area contributed by atoms with E-state index in [1.165, 1.54) is 17.0 Å². The molecular formula is C13H13F3N2O2. The Morgan fingerprint density at radius 3 is 2.70 bits per heavy atom. The van der Waals surface area contributed by atoms with E-state index in [0.29, 0.717) is 18.7 Å². The summed E-state index contributed by atoms with van der Waals surface area (Å²) in [4.78, 5) is 24.7. The number of carbonyl (C=O) groups is 2. The first kappa shape index (κ1) is 14.4. The first-order valence-corrected chi connectivity index (χ1v) is 6.12. The highest BCUT2D eigenvalue weighted by molar-refractivity contribution is 5.99. The van der Waals surface area contributed by atoms with Gasteiger partial charge in [0, 0.05) is 24.2 Å². The summed E-state index contributed by atoms with van der Waals surface area (Å²) in [6, 6.07) is 6.04. The molecule has 1 aliphatic rings. The Morgan fingerprint density at radius 2 is 2.10 bits per heavy atom. The minimum Gasteiger partial charge on any atom is -0.343 e. The van der Waals surface area contributed by atoms with E-state index in [-0.39, 0.29) is 11.5 Å². The minimum atomic E-state index is -4.45. The molecule has 1 aromatic carbocycles. The van der Waals surface area contributed by atoms with E-state index in [0.717, 1.165) is 6.42 Å². The lowest BCUT2D eigenvalue weighted by Gasteiger charge is -2.16. The molecule has 1 heterocycles. The van der Waals surface area contributed by atoms with Crippen molar-refractivity contribution in [3.05, 3.63) is 29.8 Å².